The second-order valence-corrected chi connectivity index (χ2v) is 7.67. The van der Waals surface area contributed by atoms with Crippen LogP contribution in [-0.4, -0.2) is 32.0 Å². The van der Waals surface area contributed by atoms with Gasteiger partial charge < -0.3 is 10.6 Å². The summed E-state index contributed by atoms with van der Waals surface area (Å²) in [4.78, 5) is 11.9. The molecule has 0 radical (unpaired) electrons. The summed E-state index contributed by atoms with van der Waals surface area (Å²) in [6.07, 6.45) is 0.488. The van der Waals surface area contributed by atoms with Crippen molar-refractivity contribution in [1.82, 2.24) is 5.32 Å². The number of nitrogens with one attached hydrogen (secondary N) is 2. The summed E-state index contributed by atoms with van der Waals surface area (Å²) in [5.74, 6) is 0.491. The van der Waals surface area contributed by atoms with E-state index in [0.717, 1.165) is 11.3 Å². The Hall–Kier alpha value is -1.56. The monoisotopic (exact) mass is 296 g/mol. The number of sulfone groups is 1. The van der Waals surface area contributed by atoms with Gasteiger partial charge in [-0.1, -0.05) is 32.0 Å². The van der Waals surface area contributed by atoms with Crippen LogP contribution in [0.2, 0.25) is 0 Å². The van der Waals surface area contributed by atoms with Gasteiger partial charge in [0.2, 0.25) is 0 Å². The zero-order chi connectivity index (χ0) is 14.8. The Balaban J connectivity index is 1.99. The van der Waals surface area contributed by atoms with Gasteiger partial charge in [0.05, 0.1) is 11.5 Å². The topological polar surface area (TPSA) is 75.3 Å². The van der Waals surface area contributed by atoms with Crippen molar-refractivity contribution < 1.29 is 13.2 Å². The molecule has 110 valence electrons. The fourth-order valence-electron chi connectivity index (χ4n) is 2.37. The molecule has 1 aliphatic heterocycles. The SMILES string of the molecule is CC(C)c1ccccc1NC(=O)NC1CCS(=O)(=O)C1. The number of hydrogen-bond donors (Lipinski definition) is 2. The fraction of sp³-hybridized carbons (Fsp3) is 0.500. The molecule has 0 bridgehead atoms. The number of urea groups is 1. The lowest BCUT2D eigenvalue weighted by Gasteiger charge is -2.16. The van der Waals surface area contributed by atoms with Crippen molar-refractivity contribution in [2.45, 2.75) is 32.2 Å². The van der Waals surface area contributed by atoms with Crippen LogP contribution in [0.1, 0.15) is 31.7 Å². The third kappa shape index (κ3) is 3.72. The van der Waals surface area contributed by atoms with E-state index in [1.165, 1.54) is 0 Å². The van der Waals surface area contributed by atoms with Crippen LogP contribution in [0.3, 0.4) is 0 Å². The molecule has 1 fully saturated rings. The van der Waals surface area contributed by atoms with Gasteiger partial charge in [0, 0.05) is 11.7 Å². The molecule has 0 aromatic heterocycles. The van der Waals surface area contributed by atoms with E-state index in [1.807, 2.05) is 24.3 Å². The summed E-state index contributed by atoms with van der Waals surface area (Å²) >= 11 is 0. The standard InChI is InChI=1S/C14H20N2O3S/c1-10(2)12-5-3-4-6-13(12)16-14(17)15-11-7-8-20(18,19)9-11/h3-6,10-11H,7-9H2,1-2H3,(H2,15,16,17). The van der Waals surface area contributed by atoms with Crippen molar-refractivity contribution in [3.05, 3.63) is 29.8 Å². The Morgan fingerprint density at radius 3 is 2.60 bits per heavy atom. The van der Waals surface area contributed by atoms with Crippen LogP contribution < -0.4 is 10.6 Å². The number of anilines is 1. The molecule has 20 heavy (non-hydrogen) atoms. The number of hydrogen-bond acceptors (Lipinski definition) is 3. The lowest BCUT2D eigenvalue weighted by molar-refractivity contribution is 0.249. The molecular weight excluding hydrogens is 276 g/mol. The second-order valence-electron chi connectivity index (χ2n) is 5.44. The third-order valence-corrected chi connectivity index (χ3v) is 5.17. The zero-order valence-corrected chi connectivity index (χ0v) is 12.5. The van der Waals surface area contributed by atoms with Gasteiger partial charge in [-0.25, -0.2) is 13.2 Å². The van der Waals surface area contributed by atoms with E-state index in [1.54, 1.807) is 0 Å². The highest BCUT2D eigenvalue weighted by molar-refractivity contribution is 7.91. The molecule has 0 saturated carbocycles. The number of para-hydroxylation sites is 1. The van der Waals surface area contributed by atoms with Gasteiger partial charge in [-0.3, -0.25) is 0 Å². The summed E-state index contributed by atoms with van der Waals surface area (Å²) in [5.41, 5.74) is 1.82. The van der Waals surface area contributed by atoms with E-state index in [-0.39, 0.29) is 23.6 Å². The quantitative estimate of drug-likeness (QED) is 0.897. The van der Waals surface area contributed by atoms with Crippen LogP contribution >= 0.6 is 0 Å². The number of amides is 2. The normalized spacial score (nSPS) is 20.9. The summed E-state index contributed by atoms with van der Waals surface area (Å²) in [5, 5.41) is 5.52. The fourth-order valence-corrected chi connectivity index (χ4v) is 4.04. The summed E-state index contributed by atoms with van der Waals surface area (Å²) in [7, 11) is -2.98. The minimum atomic E-state index is -2.98. The molecule has 1 unspecified atom stereocenters. The van der Waals surface area contributed by atoms with E-state index in [9.17, 15) is 13.2 Å². The molecule has 5 nitrogen and oxygen atoms in total. The highest BCUT2D eigenvalue weighted by atomic mass is 32.2. The minimum absolute atomic E-state index is 0.0340. The molecule has 2 amide bonds. The maximum absolute atomic E-state index is 11.9. The number of carbonyl (C=O) groups is 1. The molecule has 1 saturated heterocycles. The van der Waals surface area contributed by atoms with Crippen molar-refractivity contribution in [2.24, 2.45) is 0 Å². The predicted molar refractivity (Wildman–Crippen MR) is 79.7 cm³/mol. The lowest BCUT2D eigenvalue weighted by atomic mass is 10.0. The average molecular weight is 296 g/mol. The van der Waals surface area contributed by atoms with Gasteiger partial charge in [-0.15, -0.1) is 0 Å². The van der Waals surface area contributed by atoms with E-state index in [0.29, 0.717) is 12.3 Å². The van der Waals surface area contributed by atoms with E-state index in [4.69, 9.17) is 0 Å². The largest absolute Gasteiger partial charge is 0.334 e. The Bertz CT molecular complexity index is 596. The number of benzene rings is 1. The Kier molecular flexibility index (Phi) is 4.32. The zero-order valence-electron chi connectivity index (χ0n) is 11.7. The molecule has 0 aliphatic carbocycles. The minimum Gasteiger partial charge on any atom is -0.334 e. The van der Waals surface area contributed by atoms with Gasteiger partial charge in [0.15, 0.2) is 9.84 Å². The van der Waals surface area contributed by atoms with Gasteiger partial charge in [0.25, 0.3) is 0 Å². The summed E-state index contributed by atoms with van der Waals surface area (Å²) < 4.78 is 22.7. The predicted octanol–water partition coefficient (Wildman–Crippen LogP) is 2.12. The molecule has 1 aliphatic rings. The Morgan fingerprint density at radius 2 is 2.00 bits per heavy atom. The van der Waals surface area contributed by atoms with Crippen molar-refractivity contribution in [2.75, 3.05) is 16.8 Å². The highest BCUT2D eigenvalue weighted by Gasteiger charge is 2.28. The number of carbonyl (C=O) groups excluding carboxylic acids is 1. The summed E-state index contributed by atoms with van der Waals surface area (Å²) in [6.45, 7) is 4.12. The van der Waals surface area contributed by atoms with E-state index in [2.05, 4.69) is 24.5 Å². The van der Waals surface area contributed by atoms with Crippen LogP contribution in [0.5, 0.6) is 0 Å². The van der Waals surface area contributed by atoms with Crippen LogP contribution in [0.4, 0.5) is 10.5 Å². The molecule has 0 spiro atoms. The molecular formula is C14H20N2O3S. The first-order chi connectivity index (χ1) is 9.37. The molecule has 2 N–H and O–H groups in total. The first-order valence-electron chi connectivity index (χ1n) is 6.74. The van der Waals surface area contributed by atoms with Gasteiger partial charge >= 0.3 is 6.03 Å². The van der Waals surface area contributed by atoms with Crippen molar-refractivity contribution >= 4 is 21.6 Å². The third-order valence-electron chi connectivity index (χ3n) is 3.40. The maximum atomic E-state index is 11.9. The van der Waals surface area contributed by atoms with Gasteiger partial charge in [0.1, 0.15) is 0 Å². The molecule has 1 aromatic rings. The van der Waals surface area contributed by atoms with Crippen molar-refractivity contribution in [3.63, 3.8) is 0 Å². The van der Waals surface area contributed by atoms with Crippen molar-refractivity contribution in [1.29, 1.82) is 0 Å². The van der Waals surface area contributed by atoms with Crippen LogP contribution in [0.15, 0.2) is 24.3 Å². The first kappa shape index (κ1) is 14.8. The van der Waals surface area contributed by atoms with E-state index >= 15 is 0 Å². The van der Waals surface area contributed by atoms with Crippen molar-refractivity contribution in [3.8, 4) is 0 Å². The highest BCUT2D eigenvalue weighted by Crippen LogP contribution is 2.23. The average Bonchev–Trinajstić information content (AvgIpc) is 2.68. The van der Waals surface area contributed by atoms with E-state index < -0.39 is 9.84 Å². The molecule has 1 heterocycles. The Morgan fingerprint density at radius 1 is 1.30 bits per heavy atom. The lowest BCUT2D eigenvalue weighted by Crippen LogP contribution is -2.38. The van der Waals surface area contributed by atoms with Crippen LogP contribution in [0, 0.1) is 0 Å². The molecule has 2 rings (SSSR count). The molecule has 1 aromatic carbocycles. The maximum Gasteiger partial charge on any atom is 0.319 e. The summed E-state index contributed by atoms with van der Waals surface area (Å²) in [6, 6.07) is 6.98. The van der Waals surface area contributed by atoms with Crippen LogP contribution in [0.25, 0.3) is 0 Å². The second kappa shape index (κ2) is 5.83. The smallest absolute Gasteiger partial charge is 0.319 e. The first-order valence-corrected chi connectivity index (χ1v) is 8.56. The van der Waals surface area contributed by atoms with Crippen LogP contribution in [-0.2, 0) is 9.84 Å². The molecule has 1 atom stereocenters. The van der Waals surface area contributed by atoms with Gasteiger partial charge in [-0.2, -0.15) is 0 Å². The number of rotatable bonds is 3. The van der Waals surface area contributed by atoms with Gasteiger partial charge in [-0.05, 0) is 24.0 Å². The molecule has 6 heteroatoms. The Labute approximate surface area is 119 Å².